The maximum atomic E-state index is 12.8. The zero-order chi connectivity index (χ0) is 22.5. The van der Waals surface area contributed by atoms with Crippen LogP contribution in [0.25, 0.3) is 0 Å². The lowest BCUT2D eigenvalue weighted by atomic mass is 9.78. The SMILES string of the molecule is CC(C)(CNC(=O)[C@@H]1[C@@H]2CC[C@@H](C2)[C@@H]1C(=O)O)CNC(=O)[C@H]1[C@@H]2CC[C@@H](C2)[C@@H]1C(=O)O. The first-order chi connectivity index (χ1) is 14.6. The lowest BCUT2D eigenvalue weighted by Gasteiger charge is -2.31. The van der Waals surface area contributed by atoms with Gasteiger partial charge in [0.05, 0.1) is 23.7 Å². The van der Waals surface area contributed by atoms with Crippen molar-refractivity contribution in [1.29, 1.82) is 0 Å². The number of hydrogen-bond donors (Lipinski definition) is 4. The molecule has 0 heterocycles. The lowest BCUT2D eigenvalue weighted by Crippen LogP contribution is -2.48. The van der Waals surface area contributed by atoms with Crippen molar-refractivity contribution in [1.82, 2.24) is 10.6 Å². The fourth-order valence-corrected chi connectivity index (χ4v) is 7.00. The largest absolute Gasteiger partial charge is 0.481 e. The van der Waals surface area contributed by atoms with Crippen LogP contribution in [-0.4, -0.2) is 47.1 Å². The summed E-state index contributed by atoms with van der Waals surface area (Å²) < 4.78 is 0. The van der Waals surface area contributed by atoms with Crippen molar-refractivity contribution >= 4 is 23.8 Å². The van der Waals surface area contributed by atoms with Crippen LogP contribution in [0, 0.1) is 52.8 Å². The molecule has 4 aliphatic carbocycles. The smallest absolute Gasteiger partial charge is 0.307 e. The van der Waals surface area contributed by atoms with E-state index in [2.05, 4.69) is 10.6 Å². The minimum Gasteiger partial charge on any atom is -0.481 e. The summed E-state index contributed by atoms with van der Waals surface area (Å²) in [7, 11) is 0. The van der Waals surface area contributed by atoms with Crippen LogP contribution in [0.4, 0.5) is 0 Å². The number of carboxylic acid groups (broad SMARTS) is 2. The van der Waals surface area contributed by atoms with E-state index in [1.165, 1.54) is 0 Å². The van der Waals surface area contributed by atoms with Gasteiger partial charge in [-0.3, -0.25) is 19.2 Å². The van der Waals surface area contributed by atoms with E-state index in [0.717, 1.165) is 38.5 Å². The highest BCUT2D eigenvalue weighted by Gasteiger charge is 2.55. The molecule has 0 aromatic heterocycles. The average Bonchev–Trinajstić information content (AvgIpc) is 3.49. The molecule has 8 nitrogen and oxygen atoms in total. The molecular weight excluding hydrogens is 400 g/mol. The first-order valence-corrected chi connectivity index (χ1v) is 11.6. The van der Waals surface area contributed by atoms with Gasteiger partial charge in [-0.2, -0.15) is 0 Å². The molecule has 4 fully saturated rings. The second-order valence-corrected chi connectivity index (χ2v) is 11.0. The number of rotatable bonds is 8. The van der Waals surface area contributed by atoms with Crippen molar-refractivity contribution in [3.8, 4) is 0 Å². The third kappa shape index (κ3) is 4.05. The minimum absolute atomic E-state index is 0.106. The van der Waals surface area contributed by atoms with Crippen LogP contribution in [0.3, 0.4) is 0 Å². The lowest BCUT2D eigenvalue weighted by molar-refractivity contribution is -0.149. The number of carboxylic acids is 2. The predicted octanol–water partition coefficient (Wildman–Crippen LogP) is 1.74. The monoisotopic (exact) mass is 434 g/mol. The van der Waals surface area contributed by atoms with Gasteiger partial charge in [-0.1, -0.05) is 13.8 Å². The third-order valence-electron chi connectivity index (χ3n) is 8.49. The van der Waals surface area contributed by atoms with E-state index in [1.807, 2.05) is 13.8 Å². The van der Waals surface area contributed by atoms with Crippen LogP contribution in [-0.2, 0) is 19.2 Å². The van der Waals surface area contributed by atoms with Crippen LogP contribution >= 0.6 is 0 Å². The van der Waals surface area contributed by atoms with Gasteiger partial charge < -0.3 is 20.8 Å². The Hall–Kier alpha value is -2.12. The van der Waals surface area contributed by atoms with Gasteiger partial charge in [0.1, 0.15) is 0 Å². The van der Waals surface area contributed by atoms with E-state index in [1.54, 1.807) is 0 Å². The van der Waals surface area contributed by atoms with Crippen molar-refractivity contribution in [2.45, 2.75) is 52.4 Å². The molecule has 4 rings (SSSR count). The first kappa shape index (κ1) is 22.1. The van der Waals surface area contributed by atoms with Gasteiger partial charge in [-0.25, -0.2) is 0 Å². The quantitative estimate of drug-likeness (QED) is 0.460. The summed E-state index contributed by atoms with van der Waals surface area (Å²) in [5.41, 5.74) is -0.433. The molecule has 0 radical (unpaired) electrons. The molecule has 0 unspecified atom stereocenters. The normalized spacial score (nSPS) is 38.3. The van der Waals surface area contributed by atoms with Crippen molar-refractivity contribution in [3.05, 3.63) is 0 Å². The van der Waals surface area contributed by atoms with E-state index < -0.39 is 41.0 Å². The highest BCUT2D eigenvalue weighted by atomic mass is 16.4. The third-order valence-corrected chi connectivity index (χ3v) is 8.49. The highest BCUT2D eigenvalue weighted by Crippen LogP contribution is 2.53. The van der Waals surface area contributed by atoms with Crippen molar-refractivity contribution in [2.75, 3.05) is 13.1 Å². The van der Waals surface area contributed by atoms with E-state index in [0.29, 0.717) is 13.1 Å². The summed E-state index contributed by atoms with van der Waals surface area (Å²) in [5.74, 6) is -3.74. The van der Waals surface area contributed by atoms with Gasteiger partial charge in [0.25, 0.3) is 0 Å². The zero-order valence-corrected chi connectivity index (χ0v) is 18.3. The molecule has 0 aromatic rings. The Morgan fingerprint density at radius 2 is 1.00 bits per heavy atom. The fraction of sp³-hybridized carbons (Fsp3) is 0.826. The van der Waals surface area contributed by atoms with Gasteiger partial charge in [0.2, 0.25) is 11.8 Å². The molecule has 0 aliphatic heterocycles. The summed E-state index contributed by atoms with van der Waals surface area (Å²) in [6.45, 7) is 4.51. The molecule has 31 heavy (non-hydrogen) atoms. The maximum Gasteiger partial charge on any atom is 0.307 e. The Kier molecular flexibility index (Phi) is 5.77. The van der Waals surface area contributed by atoms with Crippen LogP contribution in [0.2, 0.25) is 0 Å². The molecule has 4 saturated carbocycles. The Balaban J connectivity index is 1.29. The topological polar surface area (TPSA) is 133 Å². The van der Waals surface area contributed by atoms with Crippen molar-refractivity contribution < 1.29 is 29.4 Å². The van der Waals surface area contributed by atoms with Crippen molar-refractivity contribution in [2.24, 2.45) is 52.8 Å². The maximum absolute atomic E-state index is 12.8. The molecule has 4 aliphatic rings. The van der Waals surface area contributed by atoms with Gasteiger partial charge >= 0.3 is 11.9 Å². The summed E-state index contributed by atoms with van der Waals surface area (Å²) >= 11 is 0. The summed E-state index contributed by atoms with van der Waals surface area (Å²) in [6, 6.07) is 0. The molecule has 0 saturated heterocycles. The van der Waals surface area contributed by atoms with E-state index in [4.69, 9.17) is 0 Å². The summed E-state index contributed by atoms with van der Waals surface area (Å²) in [4.78, 5) is 49.0. The zero-order valence-electron chi connectivity index (χ0n) is 18.3. The van der Waals surface area contributed by atoms with E-state index in [-0.39, 0.29) is 35.5 Å². The van der Waals surface area contributed by atoms with E-state index >= 15 is 0 Å². The molecule has 8 atom stereocenters. The number of fused-ring (bicyclic) bond motifs is 4. The number of carbonyl (C=O) groups excluding carboxylic acids is 2. The second kappa shape index (κ2) is 8.10. The number of amides is 2. The minimum atomic E-state index is -0.877. The standard InChI is InChI=1S/C23H34N2O6/c1-23(2,9-24-19(26)15-11-3-5-13(7-11)17(15)21(28)29)10-25-20(27)16-12-4-6-14(8-12)18(16)22(30)31/h11-18H,3-10H2,1-2H3,(H,24,26)(H,25,27)(H,28,29)(H,30,31)/t11-,12-,13+,14+,15-,16+,17+,18+/m1/s1. The van der Waals surface area contributed by atoms with Crippen LogP contribution in [0.5, 0.6) is 0 Å². The van der Waals surface area contributed by atoms with E-state index in [9.17, 15) is 29.4 Å². The highest BCUT2D eigenvalue weighted by molar-refractivity contribution is 5.87. The predicted molar refractivity (Wildman–Crippen MR) is 111 cm³/mol. The van der Waals surface area contributed by atoms with Gasteiger partial charge in [-0.05, 0) is 67.6 Å². The van der Waals surface area contributed by atoms with Crippen molar-refractivity contribution in [3.63, 3.8) is 0 Å². The van der Waals surface area contributed by atoms with Crippen LogP contribution < -0.4 is 10.6 Å². The molecule has 0 aromatic carbocycles. The Morgan fingerprint density at radius 1 is 0.677 bits per heavy atom. The number of aliphatic carboxylic acids is 2. The van der Waals surface area contributed by atoms with Crippen LogP contribution in [0.15, 0.2) is 0 Å². The Labute approximate surface area is 182 Å². The molecule has 4 N–H and O–H groups in total. The summed E-state index contributed by atoms with van der Waals surface area (Å²) in [5, 5.41) is 25.0. The fourth-order valence-electron chi connectivity index (χ4n) is 7.00. The number of carbonyl (C=O) groups is 4. The van der Waals surface area contributed by atoms with Gasteiger partial charge in [-0.15, -0.1) is 0 Å². The number of nitrogens with one attached hydrogen (secondary N) is 2. The second-order valence-electron chi connectivity index (χ2n) is 11.0. The first-order valence-electron chi connectivity index (χ1n) is 11.6. The average molecular weight is 435 g/mol. The van der Waals surface area contributed by atoms with Gasteiger partial charge in [0.15, 0.2) is 0 Å². The molecule has 0 spiro atoms. The molecule has 4 bridgehead atoms. The molecular formula is C23H34N2O6. The molecule has 8 heteroatoms. The van der Waals surface area contributed by atoms with Gasteiger partial charge in [0, 0.05) is 13.1 Å². The Bertz CT molecular complexity index is 718. The Morgan fingerprint density at radius 3 is 1.32 bits per heavy atom. The number of hydrogen-bond acceptors (Lipinski definition) is 4. The molecule has 2 amide bonds. The molecule has 172 valence electrons. The summed E-state index contributed by atoms with van der Waals surface area (Å²) in [6.07, 6.45) is 5.26. The van der Waals surface area contributed by atoms with Crippen LogP contribution in [0.1, 0.15) is 52.4 Å².